The molecule has 2 fully saturated rings. The van der Waals surface area contributed by atoms with Crippen molar-refractivity contribution >= 4 is 915 Å². The fourth-order valence-electron chi connectivity index (χ4n) is 16.8. The molecule has 4 atom stereocenters. The van der Waals surface area contributed by atoms with Crippen molar-refractivity contribution in [3.05, 3.63) is 219 Å². The van der Waals surface area contributed by atoms with Gasteiger partial charge in [0.25, 0.3) is 0 Å². The van der Waals surface area contributed by atoms with E-state index in [1.54, 1.807) is 0 Å². The van der Waals surface area contributed by atoms with Crippen molar-refractivity contribution in [3.63, 3.8) is 0 Å². The minimum absolute atomic E-state index is 0.0126. The predicted octanol–water partition coefficient (Wildman–Crippen LogP) is 76.7. The molecule has 150 heavy (non-hydrogen) atoms. The summed E-state index contributed by atoms with van der Waals surface area (Å²) in [6.45, 7) is 37.9. The fourth-order valence-corrected chi connectivity index (χ4v) is 12400. The van der Waals surface area contributed by atoms with Crippen LogP contribution in [0.5, 0.6) is 0 Å². The van der Waals surface area contributed by atoms with Gasteiger partial charge in [-0.2, -0.15) is 0 Å². The molecule has 896 valence electrons. The van der Waals surface area contributed by atoms with E-state index in [0.717, 1.165) is 11.4 Å². The Kier molecular flexibility index (Phi) is 92.3. The van der Waals surface area contributed by atoms with Crippen LogP contribution in [0.2, 0.25) is 5.02 Å². The van der Waals surface area contributed by atoms with Crippen LogP contribution in [-0.4, -0.2) is 15.6 Å². The van der Waals surface area contributed by atoms with Crippen LogP contribution in [0.1, 0.15) is 207 Å². The molecule has 3 heterocycles. The number of benzene rings is 8. The Morgan fingerprint density at radius 3 is 0.813 bits per heavy atom. The van der Waals surface area contributed by atoms with E-state index in [1.165, 1.54) is 157 Å². The zero-order chi connectivity index (χ0) is 112. The van der Waals surface area contributed by atoms with Crippen LogP contribution in [0, 0.1) is 0 Å². The summed E-state index contributed by atoms with van der Waals surface area (Å²) < 4.78 is 2.49. The summed E-state index contributed by atoms with van der Waals surface area (Å²) in [6.07, 6.45) is 11.2. The number of fused-ring (bicyclic) bond motifs is 12. The summed E-state index contributed by atoms with van der Waals surface area (Å²) in [4.78, 5) is 5.38. The summed E-state index contributed by atoms with van der Waals surface area (Å²) in [5.41, 5.74) is 24.1. The van der Waals surface area contributed by atoms with E-state index in [0.29, 0.717) is 13.3 Å². The summed E-state index contributed by atoms with van der Waals surface area (Å²) >= 11 is 117. The number of aromatic nitrogens is 1. The second-order valence-electron chi connectivity index (χ2n) is 36.1. The first-order valence-corrected chi connectivity index (χ1v) is 444. The van der Waals surface area contributed by atoms with Crippen LogP contribution in [-0.2, 0) is 38.9 Å². The molecule has 0 spiro atoms. The molecule has 1 aromatic heterocycles. The van der Waals surface area contributed by atoms with Gasteiger partial charge < -0.3 is 14.4 Å². The Labute approximate surface area is 1330 Å². The molecule has 3 aliphatic carbocycles. The van der Waals surface area contributed by atoms with Gasteiger partial charge in [-0.1, -0.05) is 243 Å². The largest absolute Gasteiger partial charge is 0.0619 e. The molecule has 2 saturated carbocycles. The number of para-hydroxylation sites is 2. The first-order valence-electron chi connectivity index (χ1n) is 41.2. The van der Waals surface area contributed by atoms with Crippen molar-refractivity contribution in [2.45, 2.75) is 212 Å². The normalized spacial score (nSPS) is 20.9. The van der Waals surface area contributed by atoms with Gasteiger partial charge in [0.1, 0.15) is 0 Å². The van der Waals surface area contributed by atoms with Crippen molar-refractivity contribution < 1.29 is 13.3 Å². The van der Waals surface area contributed by atoms with Gasteiger partial charge in [0, 0.05) is 55.1 Å². The Morgan fingerprint density at radius 1 is 0.267 bits per heavy atom. The van der Waals surface area contributed by atoms with Gasteiger partial charge in [0.05, 0.1) is 22.1 Å². The fraction of sp³-hybridized carbons (Fsp3) is 0.407. The molecule has 0 radical (unpaired) electrons. The third kappa shape index (κ3) is 46.0. The second-order valence-corrected chi connectivity index (χ2v) is 1560. The second kappa shape index (κ2) is 81.2. The SMILES string of the molecule is CC(C)(C)c1cc(Cl)cc(N2c3ccc(C(C)(C)C)cc3C3(C)CCCCC23C)c1.CC(C)(C)c1cc(N2c3ccc(C(C)(C)C)cc3C3(C)CCCCC23C)cc(-n2c3ccccc3c3ccccc32)c1.I[I-]I(I)I(I)I(I)I(I)I(I)I(I)I(I)I(I)I(I)I(I)I(I)I(I)I(I)I(I)I(I)I(I)I(I)I(I)I(I)I(I)I(I)I(I)I(I)I(I)I(I)I(I)I(I)I(I)I(I)I(I)I(I)I.c1ccc2c(c1)Cc1ccccc1-2. The minimum Gasteiger partial charge on any atom is -0.0619 e. The maximum absolute atomic E-state index is 6.68. The van der Waals surface area contributed by atoms with Crippen LogP contribution in [0.3, 0.4) is 0 Å². The number of rotatable bonds is 34. The summed E-state index contributed by atoms with van der Waals surface area (Å²) in [7, 11) is -17.4. The molecule has 3 nitrogen and oxygen atoms in total. The van der Waals surface area contributed by atoms with Crippen LogP contribution >= 0.6 is 871 Å². The number of nitrogens with zero attached hydrogens (tertiary/aromatic N) is 3. The number of anilines is 4. The van der Waals surface area contributed by atoms with E-state index in [1.807, 2.05) is 0 Å². The number of hydrogen-bond acceptors (Lipinski definition) is 2. The van der Waals surface area contributed by atoms with Crippen LogP contribution in [0.15, 0.2) is 170 Å². The molecule has 4 unspecified atom stereocenters. The maximum atomic E-state index is 6.68. The van der Waals surface area contributed by atoms with Crippen molar-refractivity contribution in [1.29, 1.82) is 0 Å². The summed E-state index contributed by atoms with van der Waals surface area (Å²) in [6, 6.07) is 63.7. The molecule has 14 rings (SSSR count). The average molecular weight is 9390 g/mol. The monoisotopic (exact) mass is 9390 g/mol. The van der Waals surface area contributed by atoms with E-state index >= 15 is 0 Å². The first-order chi connectivity index (χ1) is 69.6. The van der Waals surface area contributed by atoms with Gasteiger partial charge in [0.15, 0.2) is 0 Å². The Balaban J connectivity index is 0.000000211. The molecule has 8 aromatic carbocycles. The van der Waals surface area contributed by atoms with Crippen LogP contribution in [0.4, 0.5) is 22.7 Å². The molecule has 0 saturated heterocycles. The van der Waals surface area contributed by atoms with E-state index in [-0.39, 0.29) is 43.6 Å². The van der Waals surface area contributed by atoms with Gasteiger partial charge in [0.2, 0.25) is 0 Å². The Bertz CT molecular complexity index is 5910. The van der Waals surface area contributed by atoms with E-state index in [9.17, 15) is 0 Å². The molecule has 9 aromatic rings. The third-order valence-electron chi connectivity index (χ3n) is 24.0. The molecular weight excluding hydrogens is 9300 g/mol. The summed E-state index contributed by atoms with van der Waals surface area (Å²) in [5, 5.41) is 3.45. The molecule has 0 bridgehead atoms. The third-order valence-corrected chi connectivity index (χ3v) is 5060. The quantitative estimate of drug-likeness (QED) is 0.0373. The van der Waals surface area contributed by atoms with Crippen LogP contribution in [0.25, 0.3) is 38.6 Å². The van der Waals surface area contributed by atoms with Gasteiger partial charge in [-0.25, -0.2) is 0 Å². The van der Waals surface area contributed by atoms with Crippen molar-refractivity contribution in [2.75, 3.05) is 9.80 Å². The minimum atomic E-state index is -0.612. The zero-order valence-electron chi connectivity index (χ0n) is 78.8. The Morgan fingerprint density at radius 2 is 0.520 bits per heavy atom. The zero-order valence-corrected chi connectivity index (χ0v) is 220. The topological polar surface area (TPSA) is 11.4 Å². The smallest absolute Gasteiger partial charge is 0.00135 e. The van der Waals surface area contributed by atoms with Gasteiger partial charge in [-0.15, -0.1) is 0 Å². The Hall–Kier alpha value is 40.9. The average Bonchev–Trinajstić information content (AvgIpc) is 1.53. The summed E-state index contributed by atoms with van der Waals surface area (Å²) in [5.74, 6) is 0. The van der Waals surface area contributed by atoms with Crippen LogP contribution < -0.4 is 23.1 Å². The van der Waals surface area contributed by atoms with Gasteiger partial charge in [-0.05, 0) is 184 Å². The van der Waals surface area contributed by atoms with E-state index in [4.69, 9.17) is 11.6 Å². The molecule has 5 aliphatic rings. The molecular formula is C81H94ClI65N3-. The predicted molar refractivity (Wildman–Crippen MR) is 1260 cm³/mol. The molecule has 0 N–H and O–H groups in total. The van der Waals surface area contributed by atoms with Crippen molar-refractivity contribution in [3.8, 4) is 16.8 Å². The van der Waals surface area contributed by atoms with Crippen molar-refractivity contribution in [1.82, 2.24) is 4.57 Å². The van der Waals surface area contributed by atoms with E-state index in [2.05, 4.69) is 909 Å². The van der Waals surface area contributed by atoms with E-state index < -0.39 is 245 Å². The van der Waals surface area contributed by atoms with Gasteiger partial charge >= 0.3 is 872 Å². The molecule has 0 amide bonds. The van der Waals surface area contributed by atoms with Gasteiger partial charge in [-0.3, -0.25) is 0 Å². The standard InChI is InChI=1S/C40H46N2.C28H38ClN.C13H10.I65/c1-37(2,3)27-19-20-36-33(25-27)39(7)21-13-14-22-40(39,8)42(36)30-24-28(38(4,5)6)23-29(26-30)41-34-17-11-9-15-31(34)32-16-10-12-18-35(32)41;1-25(2,3)19-11-12-24-23(17-19)27(7)13-9-10-14-28(27,8)30(24)22-16-20(26(4,5)6)15-21(29)18-22;1-3-7-12-10(5-1)9-11-6-2-4-8-13(11)12;1-34-36(4)38(6)40(8)42(10)44(12)46(14)48(16)50(18)52(20)54(22)56(24)58(26)60(28)62(30)64(32)65(33)63(31)61(29)59(27)57(25)55(23)53(21)51(19)49(17)47(15)45(13)43(11)41(9)39(7)37(5)35(2)3/h9-12,15-20,23-26H,13-14,21-22H2,1-8H3;11-12,15-18H,9-10,13-14H2,1-8H3;1-8H,9H2;/q;;;-1. The number of halogens is 66. The van der Waals surface area contributed by atoms with Crippen molar-refractivity contribution in [2.24, 2.45) is 0 Å². The maximum Gasteiger partial charge on any atom is -0.00135 e. The molecule has 2 aliphatic heterocycles. The first kappa shape index (κ1) is 171. The molecule has 69 heteroatoms. The number of hydrogen-bond donors (Lipinski definition) is 0.